The molecule has 4 nitrogen and oxygen atoms in total. The molecule has 2 heterocycles. The fraction of sp³-hybridized carbons (Fsp3) is 0.217. The van der Waals surface area contributed by atoms with E-state index in [0.717, 1.165) is 78.8 Å². The van der Waals surface area contributed by atoms with Crippen LogP contribution in [0, 0.1) is 11.8 Å². The standard InChI is InChI=1S/C46H44N2O2S2/c1-31(2)25-27-49-41-29-38(24-18-34-15-21-36(22-16-34)46-48-40-10-6-8-12-44(40)52-46)42(50-28-26-32(3)4)30-37(41)23-17-33-13-19-35(20-14-33)45-47-39-9-5-7-11-43(39)51-45/h5-24,29-32H,25-28H2,1-4H3/b23-17+,24-18+. The van der Waals surface area contributed by atoms with Crippen molar-refractivity contribution in [3.63, 3.8) is 0 Å². The van der Waals surface area contributed by atoms with Crippen molar-refractivity contribution in [3.05, 3.63) is 131 Å². The molecule has 0 N–H and O–H groups in total. The van der Waals surface area contributed by atoms with E-state index in [1.54, 1.807) is 22.7 Å². The van der Waals surface area contributed by atoms with Crippen molar-refractivity contribution in [2.75, 3.05) is 13.2 Å². The normalized spacial score (nSPS) is 12.0. The molecule has 0 unspecified atom stereocenters. The van der Waals surface area contributed by atoms with Crippen molar-refractivity contribution in [1.29, 1.82) is 0 Å². The fourth-order valence-electron chi connectivity index (χ4n) is 5.75. The molecule has 0 amide bonds. The zero-order valence-corrected chi connectivity index (χ0v) is 31.8. The summed E-state index contributed by atoms with van der Waals surface area (Å²) in [5.74, 6) is 2.81. The Morgan fingerprint density at radius 1 is 0.519 bits per heavy atom. The molecule has 0 saturated heterocycles. The van der Waals surface area contributed by atoms with Gasteiger partial charge in [0, 0.05) is 22.3 Å². The third-order valence-electron chi connectivity index (χ3n) is 8.86. The molecule has 0 radical (unpaired) electrons. The summed E-state index contributed by atoms with van der Waals surface area (Å²) in [4.78, 5) is 9.66. The highest BCUT2D eigenvalue weighted by atomic mass is 32.1. The van der Waals surface area contributed by atoms with Crippen LogP contribution in [0.5, 0.6) is 11.5 Å². The molecule has 0 bridgehead atoms. The van der Waals surface area contributed by atoms with Gasteiger partial charge in [-0.3, -0.25) is 0 Å². The molecule has 7 aromatic rings. The fourth-order valence-corrected chi connectivity index (χ4v) is 7.69. The van der Waals surface area contributed by atoms with E-state index >= 15 is 0 Å². The third-order valence-corrected chi connectivity index (χ3v) is 11.0. The number of hydrogen-bond donors (Lipinski definition) is 0. The minimum Gasteiger partial charge on any atom is -0.493 e. The highest BCUT2D eigenvalue weighted by molar-refractivity contribution is 7.22. The topological polar surface area (TPSA) is 44.2 Å². The van der Waals surface area contributed by atoms with Crippen LogP contribution in [0.1, 0.15) is 62.8 Å². The molecule has 0 fully saturated rings. The lowest BCUT2D eigenvalue weighted by molar-refractivity contribution is 0.281. The quantitative estimate of drug-likeness (QED) is 0.105. The van der Waals surface area contributed by atoms with Gasteiger partial charge in [0.05, 0.1) is 33.6 Å². The monoisotopic (exact) mass is 720 g/mol. The molecule has 52 heavy (non-hydrogen) atoms. The Morgan fingerprint density at radius 3 is 1.31 bits per heavy atom. The average molecular weight is 721 g/mol. The predicted molar refractivity (Wildman–Crippen MR) is 224 cm³/mol. The Bertz CT molecular complexity index is 2080. The van der Waals surface area contributed by atoms with Crippen LogP contribution in [0.4, 0.5) is 0 Å². The van der Waals surface area contributed by atoms with Gasteiger partial charge in [0.15, 0.2) is 0 Å². The van der Waals surface area contributed by atoms with Crippen molar-refractivity contribution in [3.8, 4) is 32.6 Å². The lowest BCUT2D eigenvalue weighted by Gasteiger charge is -2.16. The molecule has 0 aliphatic rings. The summed E-state index contributed by atoms with van der Waals surface area (Å²) in [6.07, 6.45) is 10.5. The number of para-hydroxylation sites is 2. The second kappa shape index (κ2) is 16.5. The predicted octanol–water partition coefficient (Wildman–Crippen LogP) is 13.4. The van der Waals surface area contributed by atoms with E-state index in [9.17, 15) is 0 Å². The molecule has 5 aromatic carbocycles. The van der Waals surface area contributed by atoms with E-state index < -0.39 is 0 Å². The number of hydrogen-bond acceptors (Lipinski definition) is 6. The van der Waals surface area contributed by atoms with E-state index in [4.69, 9.17) is 19.4 Å². The van der Waals surface area contributed by atoms with E-state index in [2.05, 4.69) is 149 Å². The number of fused-ring (bicyclic) bond motifs is 2. The minimum atomic E-state index is 0.552. The number of nitrogens with zero attached hydrogens (tertiary/aromatic N) is 2. The van der Waals surface area contributed by atoms with Crippen molar-refractivity contribution in [1.82, 2.24) is 9.97 Å². The van der Waals surface area contributed by atoms with Gasteiger partial charge < -0.3 is 9.47 Å². The van der Waals surface area contributed by atoms with E-state index in [-0.39, 0.29) is 0 Å². The Kier molecular flexibility index (Phi) is 11.2. The van der Waals surface area contributed by atoms with Gasteiger partial charge in [0.25, 0.3) is 0 Å². The van der Waals surface area contributed by atoms with Gasteiger partial charge in [-0.2, -0.15) is 0 Å². The number of benzene rings is 5. The molecule has 2 aromatic heterocycles. The van der Waals surface area contributed by atoms with Gasteiger partial charge >= 0.3 is 0 Å². The summed E-state index contributed by atoms with van der Waals surface area (Å²) in [5.41, 5.74) is 8.54. The Morgan fingerprint density at radius 2 is 0.923 bits per heavy atom. The number of thiazole rings is 2. The first kappa shape index (κ1) is 35.4. The van der Waals surface area contributed by atoms with E-state index in [1.165, 1.54) is 9.40 Å². The molecule has 7 rings (SSSR count). The van der Waals surface area contributed by atoms with Crippen LogP contribution in [0.3, 0.4) is 0 Å². The van der Waals surface area contributed by atoms with Gasteiger partial charge in [-0.15, -0.1) is 22.7 Å². The van der Waals surface area contributed by atoms with E-state index in [1.807, 2.05) is 12.1 Å². The number of ether oxygens (including phenoxy) is 2. The second-order valence-electron chi connectivity index (χ2n) is 13.9. The molecule has 0 saturated carbocycles. The van der Waals surface area contributed by atoms with E-state index in [0.29, 0.717) is 25.0 Å². The lowest BCUT2D eigenvalue weighted by atomic mass is 10.0. The van der Waals surface area contributed by atoms with Crippen LogP contribution in [0.15, 0.2) is 109 Å². The molecule has 262 valence electrons. The first-order chi connectivity index (χ1) is 25.4. The summed E-state index contributed by atoms with van der Waals surface area (Å²) >= 11 is 3.45. The summed E-state index contributed by atoms with van der Waals surface area (Å²) in [5, 5.41) is 2.07. The molecule has 0 aliphatic heterocycles. The van der Waals surface area contributed by atoms with Gasteiger partial charge in [-0.05, 0) is 72.2 Å². The first-order valence-electron chi connectivity index (χ1n) is 18.1. The molecular formula is C46H44N2O2S2. The zero-order chi connectivity index (χ0) is 35.9. The Balaban J connectivity index is 1.15. The highest BCUT2D eigenvalue weighted by Crippen LogP contribution is 2.35. The van der Waals surface area contributed by atoms with Crippen LogP contribution >= 0.6 is 22.7 Å². The maximum atomic E-state index is 6.47. The molecule has 6 heteroatoms. The summed E-state index contributed by atoms with van der Waals surface area (Å²) < 4.78 is 15.3. The van der Waals surface area contributed by atoms with Crippen molar-refractivity contribution in [2.45, 2.75) is 40.5 Å². The van der Waals surface area contributed by atoms with Crippen molar-refractivity contribution in [2.24, 2.45) is 11.8 Å². The smallest absolute Gasteiger partial charge is 0.127 e. The van der Waals surface area contributed by atoms with Crippen LogP contribution in [0.2, 0.25) is 0 Å². The third kappa shape index (κ3) is 8.87. The Labute approximate surface area is 315 Å². The highest BCUT2D eigenvalue weighted by Gasteiger charge is 2.12. The Hall–Kier alpha value is -5.04. The number of aromatic nitrogens is 2. The average Bonchev–Trinajstić information content (AvgIpc) is 3.79. The molecule has 0 atom stereocenters. The molecule has 0 aliphatic carbocycles. The van der Waals surface area contributed by atoms with Crippen LogP contribution in [-0.2, 0) is 0 Å². The van der Waals surface area contributed by atoms with Crippen molar-refractivity contribution < 1.29 is 9.47 Å². The minimum absolute atomic E-state index is 0.552. The maximum Gasteiger partial charge on any atom is 0.127 e. The summed E-state index contributed by atoms with van der Waals surface area (Å²) in [7, 11) is 0. The van der Waals surface area contributed by atoms with Crippen LogP contribution in [0.25, 0.3) is 65.9 Å². The summed E-state index contributed by atoms with van der Waals surface area (Å²) in [6, 6.07) is 38.0. The lowest BCUT2D eigenvalue weighted by Crippen LogP contribution is -2.05. The van der Waals surface area contributed by atoms with Gasteiger partial charge in [-0.1, -0.05) is 125 Å². The zero-order valence-electron chi connectivity index (χ0n) is 30.2. The SMILES string of the molecule is CC(C)CCOc1cc(/C=C/c2ccc(-c3nc4ccccc4s3)cc2)c(OCCC(C)C)cc1/C=C/c1ccc(-c2nc3ccccc3s2)cc1. The summed E-state index contributed by atoms with van der Waals surface area (Å²) in [6.45, 7) is 10.2. The second-order valence-corrected chi connectivity index (χ2v) is 15.9. The number of rotatable bonds is 14. The van der Waals surface area contributed by atoms with Gasteiger partial charge in [0.1, 0.15) is 21.5 Å². The molecule has 0 spiro atoms. The maximum absolute atomic E-state index is 6.47. The van der Waals surface area contributed by atoms with Crippen molar-refractivity contribution >= 4 is 67.4 Å². The van der Waals surface area contributed by atoms with Gasteiger partial charge in [-0.25, -0.2) is 9.97 Å². The van der Waals surface area contributed by atoms with Gasteiger partial charge in [0.2, 0.25) is 0 Å². The largest absolute Gasteiger partial charge is 0.493 e. The first-order valence-corrected chi connectivity index (χ1v) is 19.7. The van der Waals surface area contributed by atoms with Crippen LogP contribution in [-0.4, -0.2) is 23.2 Å². The van der Waals surface area contributed by atoms with Crippen LogP contribution < -0.4 is 9.47 Å². The molecular weight excluding hydrogens is 677 g/mol.